The standard InChI is InChI=1S/C14H13ClN2S2/c1-2-10-12-13(19-14(10)15)11(5-6-16-12)17-8-9-4-3-7-18-9/h3-7H,2,8H2,1H3,(H,16,17). The zero-order chi connectivity index (χ0) is 13.2. The Morgan fingerprint density at radius 1 is 1.37 bits per heavy atom. The molecule has 0 aromatic carbocycles. The smallest absolute Gasteiger partial charge is 0.0989 e. The van der Waals surface area contributed by atoms with Crippen molar-refractivity contribution >= 4 is 50.2 Å². The molecule has 5 heteroatoms. The minimum Gasteiger partial charge on any atom is -0.379 e. The SMILES string of the molecule is CCc1c(Cl)sc2c(NCc3cccs3)ccnc12. The fourth-order valence-electron chi connectivity index (χ4n) is 2.05. The van der Waals surface area contributed by atoms with Gasteiger partial charge in [0.05, 0.1) is 20.2 Å². The Morgan fingerprint density at radius 3 is 3.00 bits per heavy atom. The second kappa shape index (κ2) is 5.49. The first-order valence-electron chi connectivity index (χ1n) is 6.11. The molecule has 0 saturated carbocycles. The molecule has 2 nitrogen and oxygen atoms in total. The lowest BCUT2D eigenvalue weighted by Crippen LogP contribution is -1.97. The topological polar surface area (TPSA) is 24.9 Å². The molecule has 1 N–H and O–H groups in total. The molecular weight excluding hydrogens is 296 g/mol. The molecule has 0 aliphatic rings. The van der Waals surface area contributed by atoms with Gasteiger partial charge in [0.15, 0.2) is 0 Å². The van der Waals surface area contributed by atoms with Crippen LogP contribution in [0.1, 0.15) is 17.4 Å². The lowest BCUT2D eigenvalue weighted by molar-refractivity contribution is 1.15. The third-order valence-corrected chi connectivity index (χ3v) is 5.39. The molecule has 3 heterocycles. The molecule has 0 fully saturated rings. The van der Waals surface area contributed by atoms with Crippen LogP contribution >= 0.6 is 34.3 Å². The van der Waals surface area contributed by atoms with Crippen LogP contribution < -0.4 is 5.32 Å². The van der Waals surface area contributed by atoms with Gasteiger partial charge in [-0.3, -0.25) is 4.98 Å². The number of nitrogens with one attached hydrogen (secondary N) is 1. The van der Waals surface area contributed by atoms with Crippen LogP contribution in [-0.4, -0.2) is 4.98 Å². The number of hydrogen-bond acceptors (Lipinski definition) is 4. The van der Waals surface area contributed by atoms with Crippen LogP contribution in [0.4, 0.5) is 5.69 Å². The Kier molecular flexibility index (Phi) is 3.73. The quantitative estimate of drug-likeness (QED) is 0.718. The van der Waals surface area contributed by atoms with Crippen molar-refractivity contribution in [2.45, 2.75) is 19.9 Å². The van der Waals surface area contributed by atoms with Gasteiger partial charge in [-0.25, -0.2) is 0 Å². The van der Waals surface area contributed by atoms with Gasteiger partial charge in [0, 0.05) is 23.2 Å². The first-order chi connectivity index (χ1) is 9.29. The largest absolute Gasteiger partial charge is 0.379 e. The molecule has 0 radical (unpaired) electrons. The Labute approximate surface area is 125 Å². The zero-order valence-corrected chi connectivity index (χ0v) is 12.8. The van der Waals surface area contributed by atoms with Crippen LogP contribution in [0.2, 0.25) is 4.34 Å². The van der Waals surface area contributed by atoms with Crippen molar-refractivity contribution in [1.82, 2.24) is 4.98 Å². The molecule has 0 aliphatic carbocycles. The Morgan fingerprint density at radius 2 is 2.26 bits per heavy atom. The fourth-order valence-corrected chi connectivity index (χ4v) is 4.22. The summed E-state index contributed by atoms with van der Waals surface area (Å²) >= 11 is 9.66. The second-order valence-corrected chi connectivity index (χ2v) is 6.83. The van der Waals surface area contributed by atoms with Crippen LogP contribution in [0, 0.1) is 0 Å². The Balaban J connectivity index is 1.95. The van der Waals surface area contributed by atoms with Crippen molar-refractivity contribution in [1.29, 1.82) is 0 Å². The zero-order valence-electron chi connectivity index (χ0n) is 10.4. The van der Waals surface area contributed by atoms with Crippen molar-refractivity contribution < 1.29 is 0 Å². The molecular formula is C14H13ClN2S2. The van der Waals surface area contributed by atoms with Gasteiger partial charge in [0.2, 0.25) is 0 Å². The molecule has 3 aromatic rings. The highest BCUT2D eigenvalue weighted by Crippen LogP contribution is 2.38. The van der Waals surface area contributed by atoms with Gasteiger partial charge < -0.3 is 5.32 Å². The number of aromatic nitrogens is 1. The predicted octanol–water partition coefficient (Wildman–Crippen LogP) is 5.19. The molecule has 98 valence electrons. The van der Waals surface area contributed by atoms with E-state index in [0.717, 1.165) is 38.8 Å². The third-order valence-electron chi connectivity index (χ3n) is 3.01. The van der Waals surface area contributed by atoms with E-state index in [1.165, 1.54) is 4.88 Å². The van der Waals surface area contributed by atoms with Crippen molar-refractivity contribution in [2.24, 2.45) is 0 Å². The van der Waals surface area contributed by atoms with Gasteiger partial charge >= 0.3 is 0 Å². The highest BCUT2D eigenvalue weighted by molar-refractivity contribution is 7.23. The molecule has 0 unspecified atom stereocenters. The van der Waals surface area contributed by atoms with Gasteiger partial charge in [0.1, 0.15) is 0 Å². The van der Waals surface area contributed by atoms with E-state index in [-0.39, 0.29) is 0 Å². The summed E-state index contributed by atoms with van der Waals surface area (Å²) in [5.74, 6) is 0. The Hall–Kier alpha value is -1.10. The van der Waals surface area contributed by atoms with Crippen LogP contribution in [0.15, 0.2) is 29.8 Å². The molecule has 0 atom stereocenters. The number of rotatable bonds is 4. The number of anilines is 1. The molecule has 3 rings (SSSR count). The number of fused-ring (bicyclic) bond motifs is 1. The van der Waals surface area contributed by atoms with Crippen molar-refractivity contribution in [2.75, 3.05) is 5.32 Å². The summed E-state index contributed by atoms with van der Waals surface area (Å²) in [5, 5.41) is 5.57. The molecule has 0 spiro atoms. The summed E-state index contributed by atoms with van der Waals surface area (Å²) in [5.41, 5.74) is 3.31. The van der Waals surface area contributed by atoms with Crippen molar-refractivity contribution in [3.63, 3.8) is 0 Å². The van der Waals surface area contributed by atoms with Crippen LogP contribution in [0.5, 0.6) is 0 Å². The summed E-state index contributed by atoms with van der Waals surface area (Å²) in [4.78, 5) is 5.79. The average molecular weight is 309 g/mol. The second-order valence-electron chi connectivity index (χ2n) is 4.18. The summed E-state index contributed by atoms with van der Waals surface area (Å²) in [7, 11) is 0. The number of hydrogen-bond donors (Lipinski definition) is 1. The normalized spacial score (nSPS) is 11.1. The van der Waals surface area contributed by atoms with Gasteiger partial charge in [-0.1, -0.05) is 24.6 Å². The summed E-state index contributed by atoms with van der Waals surface area (Å²) in [6, 6.07) is 6.22. The van der Waals surface area contributed by atoms with E-state index in [1.54, 1.807) is 22.7 Å². The molecule has 19 heavy (non-hydrogen) atoms. The van der Waals surface area contributed by atoms with Gasteiger partial charge in [-0.2, -0.15) is 0 Å². The van der Waals surface area contributed by atoms with Crippen LogP contribution in [0.3, 0.4) is 0 Å². The number of thiophene rings is 2. The van der Waals surface area contributed by atoms with E-state index < -0.39 is 0 Å². The number of aryl methyl sites for hydroxylation is 1. The third kappa shape index (κ3) is 2.48. The first kappa shape index (κ1) is 12.9. The predicted molar refractivity (Wildman–Crippen MR) is 85.7 cm³/mol. The van der Waals surface area contributed by atoms with Gasteiger partial charge in [-0.15, -0.1) is 22.7 Å². The highest BCUT2D eigenvalue weighted by Gasteiger charge is 2.13. The fraction of sp³-hybridized carbons (Fsp3) is 0.214. The summed E-state index contributed by atoms with van der Waals surface area (Å²) in [6.07, 6.45) is 2.77. The summed E-state index contributed by atoms with van der Waals surface area (Å²) in [6.45, 7) is 2.95. The monoisotopic (exact) mass is 308 g/mol. The number of pyridine rings is 1. The first-order valence-corrected chi connectivity index (χ1v) is 8.19. The lowest BCUT2D eigenvalue weighted by atomic mass is 10.2. The average Bonchev–Trinajstić information content (AvgIpc) is 3.02. The van der Waals surface area contributed by atoms with Gasteiger partial charge in [-0.05, 0) is 23.9 Å². The molecule has 0 amide bonds. The molecule has 3 aromatic heterocycles. The van der Waals surface area contributed by atoms with E-state index in [9.17, 15) is 0 Å². The maximum Gasteiger partial charge on any atom is 0.0989 e. The Bertz CT molecular complexity index is 689. The van der Waals surface area contributed by atoms with Crippen LogP contribution in [-0.2, 0) is 13.0 Å². The van der Waals surface area contributed by atoms with E-state index in [2.05, 4.69) is 34.7 Å². The van der Waals surface area contributed by atoms with Gasteiger partial charge in [0.25, 0.3) is 0 Å². The van der Waals surface area contributed by atoms with E-state index in [1.807, 2.05) is 12.3 Å². The maximum atomic E-state index is 6.29. The minimum absolute atomic E-state index is 0.841. The van der Waals surface area contributed by atoms with Crippen molar-refractivity contribution in [3.05, 3.63) is 44.6 Å². The molecule has 0 bridgehead atoms. The lowest BCUT2D eigenvalue weighted by Gasteiger charge is -2.05. The molecule has 0 saturated heterocycles. The van der Waals surface area contributed by atoms with E-state index >= 15 is 0 Å². The number of halogens is 1. The summed E-state index contributed by atoms with van der Waals surface area (Å²) < 4.78 is 2.01. The van der Waals surface area contributed by atoms with E-state index in [4.69, 9.17) is 11.6 Å². The minimum atomic E-state index is 0.841. The highest BCUT2D eigenvalue weighted by atomic mass is 35.5. The van der Waals surface area contributed by atoms with Crippen LogP contribution in [0.25, 0.3) is 10.2 Å². The molecule has 0 aliphatic heterocycles. The maximum absolute atomic E-state index is 6.29. The van der Waals surface area contributed by atoms with Crippen molar-refractivity contribution in [3.8, 4) is 0 Å². The van der Waals surface area contributed by atoms with E-state index in [0.29, 0.717) is 0 Å². The number of nitrogens with zero attached hydrogens (tertiary/aromatic N) is 1.